The number of aryl methyl sites for hydroxylation is 8. The molecule has 0 saturated carbocycles. The molecule has 45 heavy (non-hydrogen) atoms. The Kier molecular flexibility index (Phi) is 7.96. The summed E-state index contributed by atoms with van der Waals surface area (Å²) in [5.41, 5.74) is 9.95. The Hall–Kier alpha value is -5.10. The first-order chi connectivity index (χ1) is 21.1. The summed E-state index contributed by atoms with van der Waals surface area (Å²) in [6.07, 6.45) is 0. The molecule has 232 valence electrons. The van der Waals surface area contributed by atoms with Gasteiger partial charge < -0.3 is 30.6 Å². The third kappa shape index (κ3) is 5.42. The lowest BCUT2D eigenvalue weighted by molar-refractivity contribution is 0.406. The van der Waals surface area contributed by atoms with E-state index in [0.29, 0.717) is 61.2 Å². The smallest absolute Gasteiger partial charge is 0.166 e. The summed E-state index contributed by atoms with van der Waals surface area (Å²) >= 11 is 0. The summed E-state index contributed by atoms with van der Waals surface area (Å²) in [5.74, 6) is -0.484. The molecular weight excluding hydrogens is 564 g/mol. The summed E-state index contributed by atoms with van der Waals surface area (Å²) in [6.45, 7) is 14.7. The highest BCUT2D eigenvalue weighted by Crippen LogP contribution is 2.52. The molecule has 0 bridgehead atoms. The summed E-state index contributed by atoms with van der Waals surface area (Å²) in [5, 5.41) is 65.9. The quantitative estimate of drug-likeness (QED) is 0.0880. The van der Waals surface area contributed by atoms with E-state index < -0.39 is 5.92 Å². The van der Waals surface area contributed by atoms with Crippen LogP contribution in [0.25, 0.3) is 22.3 Å². The van der Waals surface area contributed by atoms with Crippen LogP contribution in [0, 0.1) is 55.4 Å². The lowest BCUT2D eigenvalue weighted by atomic mass is 9.76. The minimum absolute atomic E-state index is 0.155. The highest BCUT2D eigenvalue weighted by molar-refractivity contribution is 5.87. The van der Waals surface area contributed by atoms with Gasteiger partial charge in [0.15, 0.2) is 11.5 Å². The normalized spacial score (nSPS) is 11.4. The fourth-order valence-corrected chi connectivity index (χ4v) is 6.41. The van der Waals surface area contributed by atoms with Gasteiger partial charge in [0.1, 0.15) is 23.0 Å². The van der Waals surface area contributed by atoms with E-state index in [2.05, 4.69) is 0 Å². The van der Waals surface area contributed by atoms with Gasteiger partial charge in [0.25, 0.3) is 0 Å². The Balaban J connectivity index is 2.00. The molecular formula is C39H40O6. The Labute approximate surface area is 264 Å². The van der Waals surface area contributed by atoms with Crippen molar-refractivity contribution in [2.45, 2.75) is 61.3 Å². The third-order valence-electron chi connectivity index (χ3n) is 8.99. The number of aromatic hydroxyl groups is 6. The van der Waals surface area contributed by atoms with Gasteiger partial charge in [-0.1, -0.05) is 12.1 Å². The van der Waals surface area contributed by atoms with Crippen LogP contribution in [-0.2, 0) is 0 Å². The van der Waals surface area contributed by atoms with Gasteiger partial charge in [-0.05, 0) is 170 Å². The molecule has 0 aliphatic heterocycles. The molecule has 5 aromatic carbocycles. The van der Waals surface area contributed by atoms with E-state index >= 15 is 0 Å². The molecule has 0 aliphatic rings. The molecule has 0 aromatic heterocycles. The van der Waals surface area contributed by atoms with Crippen LogP contribution in [0.1, 0.15) is 67.1 Å². The maximum absolute atomic E-state index is 12.0. The average Bonchev–Trinajstić information content (AvgIpc) is 2.97. The number of phenols is 6. The molecule has 5 aromatic rings. The molecule has 6 nitrogen and oxygen atoms in total. The molecule has 0 heterocycles. The highest BCUT2D eigenvalue weighted by atomic mass is 16.3. The van der Waals surface area contributed by atoms with Gasteiger partial charge in [0.2, 0.25) is 0 Å². The fourth-order valence-electron chi connectivity index (χ4n) is 6.41. The van der Waals surface area contributed by atoms with Crippen molar-refractivity contribution in [1.82, 2.24) is 0 Å². The highest BCUT2D eigenvalue weighted by Gasteiger charge is 2.30. The van der Waals surface area contributed by atoms with Crippen molar-refractivity contribution in [3.05, 3.63) is 116 Å². The first kappa shape index (κ1) is 31.3. The maximum Gasteiger partial charge on any atom is 0.166 e. The SMILES string of the molecule is Cc1cc(C(c2cc(C)c(O)cc2C)c2cc(-c3cc(C)c(O)c(C)c3)c(O)c(O)c2-c2cc(C)c(O)c(C)c2)c(C)cc1O. The van der Waals surface area contributed by atoms with Gasteiger partial charge >= 0.3 is 0 Å². The van der Waals surface area contributed by atoms with E-state index in [0.717, 1.165) is 22.3 Å². The van der Waals surface area contributed by atoms with Crippen molar-refractivity contribution in [2.75, 3.05) is 0 Å². The van der Waals surface area contributed by atoms with Gasteiger partial charge in [0.05, 0.1) is 0 Å². The zero-order chi connectivity index (χ0) is 33.1. The van der Waals surface area contributed by atoms with Gasteiger partial charge in [-0.25, -0.2) is 0 Å². The summed E-state index contributed by atoms with van der Waals surface area (Å²) < 4.78 is 0. The number of hydrogen-bond donors (Lipinski definition) is 6. The average molecular weight is 605 g/mol. The lowest BCUT2D eigenvalue weighted by Gasteiger charge is -2.28. The second-order valence-electron chi connectivity index (χ2n) is 12.4. The number of benzene rings is 5. The molecule has 0 spiro atoms. The van der Waals surface area contributed by atoms with Crippen molar-refractivity contribution in [3.8, 4) is 56.8 Å². The van der Waals surface area contributed by atoms with Crippen LogP contribution in [0.2, 0.25) is 0 Å². The monoisotopic (exact) mass is 604 g/mol. The molecule has 0 fully saturated rings. The van der Waals surface area contributed by atoms with Crippen LogP contribution in [0.15, 0.2) is 54.6 Å². The number of rotatable bonds is 5. The van der Waals surface area contributed by atoms with Gasteiger partial charge in [-0.3, -0.25) is 0 Å². The van der Waals surface area contributed by atoms with Gasteiger partial charge in [-0.15, -0.1) is 0 Å². The minimum Gasteiger partial charge on any atom is -0.508 e. The molecule has 0 atom stereocenters. The zero-order valence-corrected chi connectivity index (χ0v) is 27.0. The molecule has 5 rings (SSSR count). The van der Waals surface area contributed by atoms with Gasteiger partial charge in [0, 0.05) is 17.0 Å². The molecule has 0 amide bonds. The van der Waals surface area contributed by atoms with E-state index in [1.54, 1.807) is 64.1 Å². The predicted molar refractivity (Wildman–Crippen MR) is 179 cm³/mol. The number of hydrogen-bond acceptors (Lipinski definition) is 6. The second kappa shape index (κ2) is 11.4. The molecule has 0 aliphatic carbocycles. The van der Waals surface area contributed by atoms with Crippen molar-refractivity contribution in [3.63, 3.8) is 0 Å². The van der Waals surface area contributed by atoms with Crippen molar-refractivity contribution in [1.29, 1.82) is 0 Å². The van der Waals surface area contributed by atoms with Gasteiger partial charge in [-0.2, -0.15) is 0 Å². The maximum atomic E-state index is 12.0. The topological polar surface area (TPSA) is 121 Å². The Bertz CT molecular complexity index is 1900. The molecule has 0 saturated heterocycles. The van der Waals surface area contributed by atoms with E-state index in [1.165, 1.54) is 0 Å². The molecule has 0 unspecified atom stereocenters. The van der Waals surface area contributed by atoms with Crippen molar-refractivity contribution < 1.29 is 30.6 Å². The van der Waals surface area contributed by atoms with E-state index in [1.807, 2.05) is 45.9 Å². The van der Waals surface area contributed by atoms with Crippen LogP contribution < -0.4 is 0 Å². The standard InChI is InChI=1S/C39H40O6/c1-18-15-32(40)20(3)13-28(18)35(29-14-21(4)33(41)16-19(29)2)31-17-30(26-9-22(5)36(42)23(6)10-26)38(44)39(45)34(31)27-11-24(7)37(43)25(8)12-27/h9-17,35,40-45H,1-8H3. The number of phenolic OH excluding ortho intramolecular Hbond substituents is 6. The van der Waals surface area contributed by atoms with Crippen LogP contribution in [-0.4, -0.2) is 30.6 Å². The van der Waals surface area contributed by atoms with E-state index in [4.69, 9.17) is 0 Å². The second-order valence-corrected chi connectivity index (χ2v) is 12.4. The fraction of sp³-hybridized carbons (Fsp3) is 0.231. The minimum atomic E-state index is -0.516. The Morgan fingerprint density at radius 2 is 0.756 bits per heavy atom. The summed E-state index contributed by atoms with van der Waals surface area (Å²) in [4.78, 5) is 0. The lowest BCUT2D eigenvalue weighted by Crippen LogP contribution is -2.10. The third-order valence-corrected chi connectivity index (χ3v) is 8.99. The first-order valence-electron chi connectivity index (χ1n) is 14.9. The molecule has 6 N–H and O–H groups in total. The van der Waals surface area contributed by atoms with Crippen LogP contribution in [0.3, 0.4) is 0 Å². The Morgan fingerprint density at radius 3 is 1.18 bits per heavy atom. The van der Waals surface area contributed by atoms with Crippen molar-refractivity contribution in [2.24, 2.45) is 0 Å². The summed E-state index contributed by atoms with van der Waals surface area (Å²) in [6, 6.07) is 16.3. The van der Waals surface area contributed by atoms with E-state index in [-0.39, 0.29) is 34.5 Å². The van der Waals surface area contributed by atoms with Crippen LogP contribution >= 0.6 is 0 Å². The Morgan fingerprint density at radius 1 is 0.356 bits per heavy atom. The van der Waals surface area contributed by atoms with E-state index in [9.17, 15) is 30.6 Å². The predicted octanol–water partition coefficient (Wildman–Crippen LogP) is 8.90. The first-order valence-corrected chi connectivity index (χ1v) is 14.9. The van der Waals surface area contributed by atoms with Crippen molar-refractivity contribution >= 4 is 0 Å². The van der Waals surface area contributed by atoms with Crippen LogP contribution in [0.4, 0.5) is 0 Å². The summed E-state index contributed by atoms with van der Waals surface area (Å²) in [7, 11) is 0. The largest absolute Gasteiger partial charge is 0.508 e. The zero-order valence-electron chi connectivity index (χ0n) is 27.0. The van der Waals surface area contributed by atoms with Crippen LogP contribution in [0.5, 0.6) is 34.5 Å². The molecule has 0 radical (unpaired) electrons. The molecule has 6 heteroatoms.